The molecule has 0 aliphatic heterocycles. The van der Waals surface area contributed by atoms with Crippen LogP contribution in [0.3, 0.4) is 0 Å². The van der Waals surface area contributed by atoms with Crippen molar-refractivity contribution >= 4 is 17.9 Å². The Labute approximate surface area is 427 Å². The minimum absolute atomic E-state index is 0.0981. The molecule has 398 valence electrons. The maximum Gasteiger partial charge on any atom is 0.306 e. The Bertz CT molecular complexity index is 1290. The molecule has 0 aromatic carbocycles. The molecule has 0 aliphatic carbocycles. The van der Waals surface area contributed by atoms with Crippen LogP contribution in [0.4, 0.5) is 0 Å². The lowest BCUT2D eigenvalue weighted by molar-refractivity contribution is -0.167. The van der Waals surface area contributed by atoms with Crippen molar-refractivity contribution in [1.82, 2.24) is 0 Å². The third-order valence-corrected chi connectivity index (χ3v) is 12.7. The van der Waals surface area contributed by atoms with E-state index in [1.165, 1.54) is 161 Å². The van der Waals surface area contributed by atoms with Gasteiger partial charge in [-0.1, -0.05) is 261 Å². The van der Waals surface area contributed by atoms with E-state index in [2.05, 4.69) is 93.7 Å². The Balaban J connectivity index is 4.39. The van der Waals surface area contributed by atoms with Crippen molar-refractivity contribution in [3.8, 4) is 0 Å². The standard InChI is InChI=1S/C63H110O6/c1-4-7-10-13-16-19-22-25-27-29-30-31-32-34-35-38-41-44-47-50-53-56-62(65)68-59-60(58-67-61(64)55-52-49-46-43-40-37-24-21-18-15-12-9-6-3)69-63(66)57-54-51-48-45-42-39-36-33-28-26-23-20-17-14-11-8-5-2/h8,11,17,20-21,24,26,28,36,39,45,48,60H,4-7,9-10,12-16,18-19,22-23,25,27,29-35,37-38,40-44,46-47,49-59H2,1-3H3/b11-8-,20-17-,24-21-,28-26-,39-36-,48-45-/t60-/m1/s1. The molecule has 0 saturated carbocycles. The smallest absolute Gasteiger partial charge is 0.306 e. The predicted molar refractivity (Wildman–Crippen MR) is 298 cm³/mol. The van der Waals surface area contributed by atoms with Gasteiger partial charge in [-0.05, 0) is 83.5 Å². The minimum atomic E-state index is -0.807. The zero-order valence-electron chi connectivity index (χ0n) is 45.6. The molecule has 0 amide bonds. The lowest BCUT2D eigenvalue weighted by atomic mass is 10.0. The van der Waals surface area contributed by atoms with E-state index in [9.17, 15) is 14.4 Å². The monoisotopic (exact) mass is 963 g/mol. The molecule has 0 radical (unpaired) electrons. The van der Waals surface area contributed by atoms with Crippen LogP contribution in [0.2, 0.25) is 0 Å². The van der Waals surface area contributed by atoms with E-state index in [0.717, 1.165) is 83.5 Å². The van der Waals surface area contributed by atoms with E-state index in [4.69, 9.17) is 14.2 Å². The molecular formula is C63H110O6. The number of unbranched alkanes of at least 4 members (excludes halogenated alkanes) is 30. The largest absolute Gasteiger partial charge is 0.462 e. The number of esters is 3. The van der Waals surface area contributed by atoms with Crippen molar-refractivity contribution in [2.45, 2.75) is 297 Å². The number of ether oxygens (including phenoxy) is 3. The van der Waals surface area contributed by atoms with E-state index >= 15 is 0 Å². The van der Waals surface area contributed by atoms with Crippen LogP contribution in [0.1, 0.15) is 290 Å². The zero-order chi connectivity index (χ0) is 50.0. The number of hydrogen-bond donors (Lipinski definition) is 0. The lowest BCUT2D eigenvalue weighted by Gasteiger charge is -2.18. The van der Waals surface area contributed by atoms with Gasteiger partial charge in [-0.25, -0.2) is 0 Å². The van der Waals surface area contributed by atoms with Gasteiger partial charge in [-0.15, -0.1) is 0 Å². The molecule has 0 N–H and O–H groups in total. The summed E-state index contributed by atoms with van der Waals surface area (Å²) in [6.45, 7) is 6.49. The molecule has 0 rings (SSSR count). The Morgan fingerprint density at radius 2 is 0.580 bits per heavy atom. The fourth-order valence-electron chi connectivity index (χ4n) is 8.30. The summed E-state index contributed by atoms with van der Waals surface area (Å²) in [5.74, 6) is -0.956. The fourth-order valence-corrected chi connectivity index (χ4v) is 8.30. The van der Waals surface area contributed by atoms with Gasteiger partial charge in [0.15, 0.2) is 6.10 Å². The second kappa shape index (κ2) is 57.4. The first-order chi connectivity index (χ1) is 34.0. The molecule has 0 heterocycles. The van der Waals surface area contributed by atoms with Gasteiger partial charge in [0.25, 0.3) is 0 Å². The fraction of sp³-hybridized carbons (Fsp3) is 0.762. The summed E-state index contributed by atoms with van der Waals surface area (Å²) in [5, 5.41) is 0. The topological polar surface area (TPSA) is 78.9 Å². The van der Waals surface area contributed by atoms with Crippen molar-refractivity contribution < 1.29 is 28.6 Å². The van der Waals surface area contributed by atoms with Crippen molar-refractivity contribution in [1.29, 1.82) is 0 Å². The summed E-state index contributed by atoms with van der Waals surface area (Å²) in [6.07, 6.45) is 73.4. The average Bonchev–Trinajstić information content (AvgIpc) is 3.35. The molecule has 6 heteroatoms. The number of hydrogen-bond acceptors (Lipinski definition) is 6. The van der Waals surface area contributed by atoms with Gasteiger partial charge in [-0.3, -0.25) is 14.4 Å². The Hall–Kier alpha value is -3.15. The summed E-state index contributed by atoms with van der Waals surface area (Å²) in [4.78, 5) is 38.1. The Kier molecular flexibility index (Phi) is 54.8. The van der Waals surface area contributed by atoms with E-state index in [-0.39, 0.29) is 37.5 Å². The Morgan fingerprint density at radius 1 is 0.304 bits per heavy atom. The Morgan fingerprint density at radius 3 is 0.957 bits per heavy atom. The SMILES string of the molecule is CC/C=C\C/C=C\C/C=C\C/C=C\C/C=C\CCCC(=O)O[C@H](COC(=O)CCCCCCC/C=C\CCCCCC)COC(=O)CCCCCCCCCCCCCCCCCCCCCCC. The van der Waals surface area contributed by atoms with Crippen molar-refractivity contribution in [3.63, 3.8) is 0 Å². The summed E-state index contributed by atoms with van der Waals surface area (Å²) in [7, 11) is 0. The lowest BCUT2D eigenvalue weighted by Crippen LogP contribution is -2.30. The molecule has 0 aromatic heterocycles. The van der Waals surface area contributed by atoms with E-state index in [0.29, 0.717) is 19.3 Å². The van der Waals surface area contributed by atoms with Crippen LogP contribution in [-0.4, -0.2) is 37.2 Å². The molecule has 0 fully saturated rings. The maximum absolute atomic E-state index is 12.8. The van der Waals surface area contributed by atoms with Crippen LogP contribution in [0.25, 0.3) is 0 Å². The first-order valence-corrected chi connectivity index (χ1v) is 29.4. The molecule has 0 saturated heterocycles. The second-order valence-electron chi connectivity index (χ2n) is 19.5. The number of allylic oxidation sites excluding steroid dienone is 12. The average molecular weight is 964 g/mol. The highest BCUT2D eigenvalue weighted by atomic mass is 16.6. The quantitative estimate of drug-likeness (QED) is 0.0262. The third-order valence-electron chi connectivity index (χ3n) is 12.7. The van der Waals surface area contributed by atoms with Gasteiger partial charge in [0.2, 0.25) is 0 Å². The van der Waals surface area contributed by atoms with Crippen molar-refractivity contribution in [3.05, 3.63) is 72.9 Å². The highest BCUT2D eigenvalue weighted by molar-refractivity contribution is 5.71. The first kappa shape index (κ1) is 65.8. The van der Waals surface area contributed by atoms with Crippen LogP contribution in [0.15, 0.2) is 72.9 Å². The summed E-state index contributed by atoms with van der Waals surface area (Å²) in [5.41, 5.74) is 0. The van der Waals surface area contributed by atoms with Crippen LogP contribution in [-0.2, 0) is 28.6 Å². The molecule has 0 aromatic rings. The molecule has 0 unspecified atom stereocenters. The van der Waals surface area contributed by atoms with Crippen LogP contribution >= 0.6 is 0 Å². The molecule has 69 heavy (non-hydrogen) atoms. The van der Waals surface area contributed by atoms with Gasteiger partial charge in [0.1, 0.15) is 13.2 Å². The van der Waals surface area contributed by atoms with Gasteiger partial charge in [0.05, 0.1) is 0 Å². The molecule has 0 spiro atoms. The van der Waals surface area contributed by atoms with Crippen molar-refractivity contribution in [2.75, 3.05) is 13.2 Å². The van der Waals surface area contributed by atoms with Gasteiger partial charge in [0, 0.05) is 19.3 Å². The highest BCUT2D eigenvalue weighted by Gasteiger charge is 2.19. The first-order valence-electron chi connectivity index (χ1n) is 29.4. The second-order valence-corrected chi connectivity index (χ2v) is 19.5. The normalized spacial score (nSPS) is 12.6. The maximum atomic E-state index is 12.8. The molecule has 0 bridgehead atoms. The van der Waals surface area contributed by atoms with E-state index < -0.39 is 6.10 Å². The molecule has 6 nitrogen and oxygen atoms in total. The zero-order valence-corrected chi connectivity index (χ0v) is 45.6. The summed E-state index contributed by atoms with van der Waals surface area (Å²) >= 11 is 0. The number of rotatable bonds is 53. The van der Waals surface area contributed by atoms with Gasteiger partial charge >= 0.3 is 17.9 Å². The van der Waals surface area contributed by atoms with Gasteiger partial charge in [-0.2, -0.15) is 0 Å². The molecule has 0 aliphatic rings. The molecule has 1 atom stereocenters. The van der Waals surface area contributed by atoms with Crippen LogP contribution in [0.5, 0.6) is 0 Å². The highest BCUT2D eigenvalue weighted by Crippen LogP contribution is 2.16. The van der Waals surface area contributed by atoms with E-state index in [1.807, 2.05) is 0 Å². The summed E-state index contributed by atoms with van der Waals surface area (Å²) in [6, 6.07) is 0. The number of carbonyl (C=O) groups is 3. The summed E-state index contributed by atoms with van der Waals surface area (Å²) < 4.78 is 16.8. The van der Waals surface area contributed by atoms with E-state index in [1.54, 1.807) is 0 Å². The van der Waals surface area contributed by atoms with Crippen molar-refractivity contribution in [2.24, 2.45) is 0 Å². The number of carbonyl (C=O) groups excluding carboxylic acids is 3. The third kappa shape index (κ3) is 55.6. The minimum Gasteiger partial charge on any atom is -0.462 e. The molecular weight excluding hydrogens is 853 g/mol. The van der Waals surface area contributed by atoms with Crippen LogP contribution < -0.4 is 0 Å². The van der Waals surface area contributed by atoms with Crippen LogP contribution in [0, 0.1) is 0 Å². The van der Waals surface area contributed by atoms with Gasteiger partial charge < -0.3 is 14.2 Å². The predicted octanol–water partition coefficient (Wildman–Crippen LogP) is 19.8.